The number of carbonyl (C=O) groups is 1. The van der Waals surface area contributed by atoms with E-state index in [1.165, 1.54) is 0 Å². The van der Waals surface area contributed by atoms with E-state index < -0.39 is 0 Å². The van der Waals surface area contributed by atoms with Gasteiger partial charge in [0.1, 0.15) is 12.4 Å². The summed E-state index contributed by atoms with van der Waals surface area (Å²) in [6.45, 7) is 3.46. The third kappa shape index (κ3) is 7.51. The van der Waals surface area contributed by atoms with Gasteiger partial charge in [0.25, 0.3) is 11.5 Å². The first-order valence-electron chi connectivity index (χ1n) is 17.5. The number of nitrogens with zero attached hydrogens (tertiary/aromatic N) is 7. The number of aryl methyl sites for hydroxylation is 1. The molecule has 0 saturated carbocycles. The van der Waals surface area contributed by atoms with E-state index >= 15 is 0 Å². The molecule has 0 aliphatic carbocycles. The van der Waals surface area contributed by atoms with Gasteiger partial charge in [0.2, 0.25) is 0 Å². The predicted octanol–water partition coefficient (Wildman–Crippen LogP) is 7.72. The predicted molar refractivity (Wildman–Crippen MR) is 203 cm³/mol. The average molecular weight is 690 g/mol. The highest BCUT2D eigenvalue weighted by Crippen LogP contribution is 2.31. The minimum absolute atomic E-state index is 0.133. The van der Waals surface area contributed by atoms with Crippen LogP contribution in [0.25, 0.3) is 33.4 Å². The van der Waals surface area contributed by atoms with Crippen molar-refractivity contribution in [1.82, 2.24) is 29.8 Å². The number of carbonyl (C=O) groups excluding carboxylic acids is 1. The fourth-order valence-electron chi connectivity index (χ4n) is 6.26. The van der Waals surface area contributed by atoms with Crippen LogP contribution in [0.5, 0.6) is 5.75 Å². The van der Waals surface area contributed by atoms with Crippen LogP contribution in [-0.2, 0) is 20.2 Å². The first kappa shape index (κ1) is 34.0. The van der Waals surface area contributed by atoms with Crippen molar-refractivity contribution in [3.05, 3.63) is 155 Å². The number of amides is 1. The summed E-state index contributed by atoms with van der Waals surface area (Å²) in [5, 5.41) is 12.4. The summed E-state index contributed by atoms with van der Waals surface area (Å²) in [5.41, 5.74) is 6.60. The van der Waals surface area contributed by atoms with E-state index in [1.54, 1.807) is 38.7 Å². The van der Waals surface area contributed by atoms with Gasteiger partial charge in [-0.3, -0.25) is 14.2 Å². The molecule has 10 heteroatoms. The van der Waals surface area contributed by atoms with Crippen molar-refractivity contribution >= 4 is 22.5 Å². The molecule has 0 bridgehead atoms. The maximum absolute atomic E-state index is 14.0. The number of aromatic nitrogens is 6. The number of hydrogen-bond donors (Lipinski definition) is 0. The molecule has 0 aliphatic rings. The monoisotopic (exact) mass is 689 g/mol. The van der Waals surface area contributed by atoms with E-state index in [9.17, 15) is 9.59 Å². The summed E-state index contributed by atoms with van der Waals surface area (Å²) in [5.74, 6) is 1.24. The van der Waals surface area contributed by atoms with Crippen molar-refractivity contribution in [3.63, 3.8) is 0 Å². The number of unbranched alkanes of at least 4 members (excludes halogenated alkanes) is 2. The zero-order valence-corrected chi connectivity index (χ0v) is 29.2. The Morgan fingerprint density at radius 2 is 1.56 bits per heavy atom. The molecule has 0 atom stereocenters. The normalized spacial score (nSPS) is 11.1. The summed E-state index contributed by atoms with van der Waals surface area (Å²) in [6, 6.07) is 38.8. The van der Waals surface area contributed by atoms with Gasteiger partial charge in [0, 0.05) is 30.4 Å². The summed E-state index contributed by atoms with van der Waals surface area (Å²) in [4.78, 5) is 34.2. The Hall–Kier alpha value is -6.42. The molecule has 7 rings (SSSR count). The molecule has 1 amide bonds. The molecule has 0 N–H and O–H groups in total. The summed E-state index contributed by atoms with van der Waals surface area (Å²) in [7, 11) is 1.82. The zero-order valence-electron chi connectivity index (χ0n) is 29.2. The third-order valence-electron chi connectivity index (χ3n) is 9.11. The number of benzene rings is 5. The number of tetrazole rings is 1. The molecule has 2 heterocycles. The quantitative estimate of drug-likeness (QED) is 0.114. The van der Waals surface area contributed by atoms with Crippen LogP contribution in [0.1, 0.15) is 47.7 Å². The zero-order chi connectivity index (χ0) is 35.9. The Labute approximate surface area is 302 Å². The SMILES string of the molecule is CCCCCN(C(=O)c1ccc(OCc2ccccc2)cc1)c1ccc2ncn(Cc3ccc(-c4ccccc4-c4nnnn4C)cc3)c(=O)c2c1. The summed E-state index contributed by atoms with van der Waals surface area (Å²) >= 11 is 0. The third-order valence-corrected chi connectivity index (χ3v) is 9.11. The van der Waals surface area contributed by atoms with Crippen LogP contribution in [0.2, 0.25) is 0 Å². The molecule has 0 saturated heterocycles. The second kappa shape index (κ2) is 15.6. The van der Waals surface area contributed by atoms with E-state index in [4.69, 9.17) is 4.74 Å². The smallest absolute Gasteiger partial charge is 0.261 e. The molecule has 52 heavy (non-hydrogen) atoms. The fraction of sp³-hybridized carbons (Fsp3) is 0.190. The van der Waals surface area contributed by atoms with Crippen LogP contribution in [0.4, 0.5) is 5.69 Å². The van der Waals surface area contributed by atoms with E-state index in [0.717, 1.165) is 47.1 Å². The van der Waals surface area contributed by atoms with Gasteiger partial charge in [-0.1, -0.05) is 98.6 Å². The van der Waals surface area contributed by atoms with Gasteiger partial charge in [-0.25, -0.2) is 9.67 Å². The van der Waals surface area contributed by atoms with Crippen molar-refractivity contribution in [3.8, 4) is 28.3 Å². The molecule has 5 aromatic carbocycles. The largest absolute Gasteiger partial charge is 0.489 e. The lowest BCUT2D eigenvalue weighted by Crippen LogP contribution is -2.32. The van der Waals surface area contributed by atoms with Crippen molar-refractivity contribution in [2.75, 3.05) is 11.4 Å². The molecule has 2 aromatic heterocycles. The van der Waals surface area contributed by atoms with E-state index in [2.05, 4.69) is 27.4 Å². The molecule has 260 valence electrons. The van der Waals surface area contributed by atoms with Gasteiger partial charge >= 0.3 is 0 Å². The first-order chi connectivity index (χ1) is 25.5. The van der Waals surface area contributed by atoms with Crippen molar-refractivity contribution in [2.24, 2.45) is 7.05 Å². The summed E-state index contributed by atoms with van der Waals surface area (Å²) < 4.78 is 9.20. The van der Waals surface area contributed by atoms with Crippen LogP contribution < -0.4 is 15.2 Å². The molecular weight excluding hydrogens is 651 g/mol. The highest BCUT2D eigenvalue weighted by atomic mass is 16.5. The lowest BCUT2D eigenvalue weighted by molar-refractivity contribution is 0.0986. The molecule has 0 aliphatic heterocycles. The molecule has 10 nitrogen and oxygen atoms in total. The highest BCUT2D eigenvalue weighted by molar-refractivity contribution is 6.07. The average Bonchev–Trinajstić information content (AvgIpc) is 3.63. The van der Waals surface area contributed by atoms with Crippen molar-refractivity contribution < 1.29 is 9.53 Å². The number of ether oxygens (including phenoxy) is 1. The number of fused-ring (bicyclic) bond motifs is 1. The minimum atomic E-state index is -0.170. The van der Waals surface area contributed by atoms with Crippen LogP contribution in [0.15, 0.2) is 132 Å². The Balaban J connectivity index is 1.11. The second-order valence-corrected chi connectivity index (χ2v) is 12.7. The second-order valence-electron chi connectivity index (χ2n) is 12.7. The minimum Gasteiger partial charge on any atom is -0.489 e. The molecule has 0 unspecified atom stereocenters. The lowest BCUT2D eigenvalue weighted by Gasteiger charge is -2.23. The van der Waals surface area contributed by atoms with E-state index in [0.29, 0.717) is 53.4 Å². The Morgan fingerprint density at radius 3 is 2.29 bits per heavy atom. The van der Waals surface area contributed by atoms with Gasteiger partial charge in [-0.2, -0.15) is 0 Å². The van der Waals surface area contributed by atoms with Crippen LogP contribution in [0.3, 0.4) is 0 Å². The number of hydrogen-bond acceptors (Lipinski definition) is 7. The molecule has 0 radical (unpaired) electrons. The number of anilines is 1. The fourth-order valence-corrected chi connectivity index (χ4v) is 6.26. The molecular formula is C42H39N7O3. The van der Waals surface area contributed by atoms with Crippen LogP contribution in [-0.4, -0.2) is 42.2 Å². The van der Waals surface area contributed by atoms with Gasteiger partial charge in [-0.15, -0.1) is 5.10 Å². The van der Waals surface area contributed by atoms with Gasteiger partial charge in [0.05, 0.1) is 23.8 Å². The van der Waals surface area contributed by atoms with Gasteiger partial charge in [0.15, 0.2) is 5.82 Å². The van der Waals surface area contributed by atoms with Crippen LogP contribution in [0, 0.1) is 0 Å². The lowest BCUT2D eigenvalue weighted by atomic mass is 9.98. The topological polar surface area (TPSA) is 108 Å². The Bertz CT molecular complexity index is 2350. The molecule has 7 aromatic rings. The standard InChI is InChI=1S/C42H39N7O3/c1-3-4-10-25-49(41(50)33-19-22-35(23-20-33)52-28-31-11-6-5-7-12-31)34-21-24-39-38(26-34)42(51)48(29-43-39)27-30-15-17-32(18-16-30)36-13-8-9-14-37(36)40-44-45-46-47(40)2/h5-9,11-24,26,29H,3-4,10,25,27-28H2,1-2H3. The molecule has 0 spiro atoms. The van der Waals surface area contributed by atoms with Gasteiger partial charge < -0.3 is 9.64 Å². The van der Waals surface area contributed by atoms with Crippen molar-refractivity contribution in [2.45, 2.75) is 39.3 Å². The van der Waals surface area contributed by atoms with Crippen molar-refractivity contribution in [1.29, 1.82) is 0 Å². The highest BCUT2D eigenvalue weighted by Gasteiger charge is 2.19. The summed E-state index contributed by atoms with van der Waals surface area (Å²) in [6.07, 6.45) is 4.43. The molecule has 0 fully saturated rings. The maximum atomic E-state index is 14.0. The Morgan fingerprint density at radius 1 is 0.808 bits per heavy atom. The maximum Gasteiger partial charge on any atom is 0.261 e. The van der Waals surface area contributed by atoms with E-state index in [-0.39, 0.29) is 11.5 Å². The van der Waals surface area contributed by atoms with Crippen LogP contribution >= 0.6 is 0 Å². The number of rotatable bonds is 13. The Kier molecular flexibility index (Phi) is 10.2. The first-order valence-corrected chi connectivity index (χ1v) is 17.5. The van der Waals surface area contributed by atoms with Gasteiger partial charge in [-0.05, 0) is 81.6 Å². The van der Waals surface area contributed by atoms with E-state index in [1.807, 2.05) is 110 Å².